The van der Waals surface area contributed by atoms with Crippen LogP contribution in [-0.2, 0) is 9.47 Å². The fourth-order valence-electron chi connectivity index (χ4n) is 2.55. The van der Waals surface area contributed by atoms with E-state index in [1.54, 1.807) is 0 Å². The molecule has 0 aromatic heterocycles. The average Bonchev–Trinajstić information content (AvgIpc) is 2.57. The minimum atomic E-state index is -0.727. The molecule has 0 aromatic rings. The number of nitrogens with two attached hydrogens (primary N) is 1. The van der Waals surface area contributed by atoms with E-state index in [9.17, 15) is 5.11 Å². The molecule has 23 heavy (non-hydrogen) atoms. The predicted octanol–water partition coefficient (Wildman–Crippen LogP) is 4.39. The molecule has 0 aliphatic rings. The van der Waals surface area contributed by atoms with Crippen molar-refractivity contribution >= 4 is 0 Å². The van der Waals surface area contributed by atoms with Gasteiger partial charge < -0.3 is 20.3 Å². The molecule has 0 aliphatic carbocycles. The third-order valence-electron chi connectivity index (χ3n) is 4.12. The van der Waals surface area contributed by atoms with Crippen LogP contribution in [0.2, 0.25) is 0 Å². The maximum absolute atomic E-state index is 9.89. The lowest BCUT2D eigenvalue weighted by Crippen LogP contribution is -2.38. The van der Waals surface area contributed by atoms with Crippen molar-refractivity contribution < 1.29 is 14.6 Å². The van der Waals surface area contributed by atoms with Crippen molar-refractivity contribution in [3.63, 3.8) is 0 Å². The first-order valence-corrected chi connectivity index (χ1v) is 9.87. The Kier molecular flexibility index (Phi) is 18.1. The van der Waals surface area contributed by atoms with Crippen LogP contribution in [0, 0.1) is 0 Å². The highest BCUT2D eigenvalue weighted by atomic mass is 16.7. The Labute approximate surface area is 144 Å². The number of ether oxygens (including phenoxy) is 2. The van der Waals surface area contributed by atoms with Gasteiger partial charge in [0.25, 0.3) is 0 Å². The smallest absolute Gasteiger partial charge is 0.184 e. The van der Waals surface area contributed by atoms with Crippen molar-refractivity contribution in [1.82, 2.24) is 0 Å². The van der Waals surface area contributed by atoms with E-state index in [2.05, 4.69) is 13.8 Å². The van der Waals surface area contributed by atoms with Gasteiger partial charge in [-0.3, -0.25) is 0 Å². The Bertz CT molecular complexity index is 209. The van der Waals surface area contributed by atoms with Crippen LogP contribution < -0.4 is 5.73 Å². The summed E-state index contributed by atoms with van der Waals surface area (Å²) in [5.74, 6) is 0. The quantitative estimate of drug-likeness (QED) is 0.289. The zero-order valence-corrected chi connectivity index (χ0v) is 15.6. The largest absolute Gasteiger partial charge is 0.386 e. The van der Waals surface area contributed by atoms with Crippen molar-refractivity contribution in [1.29, 1.82) is 0 Å². The first-order valence-electron chi connectivity index (χ1n) is 9.87. The summed E-state index contributed by atoms with van der Waals surface area (Å²) < 4.78 is 11.4. The zero-order chi connectivity index (χ0) is 17.2. The monoisotopic (exact) mass is 331 g/mol. The average molecular weight is 332 g/mol. The number of aliphatic hydroxyl groups is 1. The van der Waals surface area contributed by atoms with Crippen molar-refractivity contribution in [2.45, 2.75) is 103 Å². The second-order valence-corrected chi connectivity index (χ2v) is 6.45. The summed E-state index contributed by atoms with van der Waals surface area (Å²) in [5.41, 5.74) is 5.53. The molecule has 0 bridgehead atoms. The Balaban J connectivity index is 3.65. The van der Waals surface area contributed by atoms with Crippen LogP contribution in [0.5, 0.6) is 0 Å². The number of aliphatic hydroxyl groups excluding tert-OH is 1. The van der Waals surface area contributed by atoms with E-state index in [-0.39, 0.29) is 6.54 Å². The first-order chi connectivity index (χ1) is 11.3. The third-order valence-corrected chi connectivity index (χ3v) is 4.12. The maximum atomic E-state index is 9.89. The molecule has 0 aliphatic heterocycles. The summed E-state index contributed by atoms with van der Waals surface area (Å²) >= 11 is 0. The second-order valence-electron chi connectivity index (χ2n) is 6.45. The van der Waals surface area contributed by atoms with Gasteiger partial charge in [0.1, 0.15) is 6.10 Å². The maximum Gasteiger partial charge on any atom is 0.184 e. The molecule has 0 saturated heterocycles. The molecule has 4 nitrogen and oxygen atoms in total. The normalized spacial score (nSPS) is 12.9. The van der Waals surface area contributed by atoms with Crippen LogP contribution in [0.3, 0.4) is 0 Å². The van der Waals surface area contributed by atoms with Gasteiger partial charge in [0.2, 0.25) is 0 Å². The molecule has 0 fully saturated rings. The van der Waals surface area contributed by atoms with Gasteiger partial charge in [-0.2, -0.15) is 0 Å². The van der Waals surface area contributed by atoms with Crippen LogP contribution >= 0.6 is 0 Å². The lowest BCUT2D eigenvalue weighted by atomic mass is 10.1. The van der Waals surface area contributed by atoms with Crippen LogP contribution in [0.15, 0.2) is 0 Å². The molecule has 4 heteroatoms. The lowest BCUT2D eigenvalue weighted by molar-refractivity contribution is -0.192. The predicted molar refractivity (Wildman–Crippen MR) is 97.5 cm³/mol. The molecule has 140 valence electrons. The van der Waals surface area contributed by atoms with E-state index < -0.39 is 12.4 Å². The van der Waals surface area contributed by atoms with Gasteiger partial charge >= 0.3 is 0 Å². The topological polar surface area (TPSA) is 64.7 Å². The highest BCUT2D eigenvalue weighted by molar-refractivity contribution is 4.61. The van der Waals surface area contributed by atoms with Crippen LogP contribution in [0.4, 0.5) is 0 Å². The van der Waals surface area contributed by atoms with Gasteiger partial charge in [-0.25, -0.2) is 0 Å². The summed E-state index contributed by atoms with van der Waals surface area (Å²) in [4.78, 5) is 0. The van der Waals surface area contributed by atoms with Gasteiger partial charge in [0.05, 0.1) is 0 Å². The lowest BCUT2D eigenvalue weighted by Gasteiger charge is -2.22. The van der Waals surface area contributed by atoms with E-state index in [1.807, 2.05) is 0 Å². The summed E-state index contributed by atoms with van der Waals surface area (Å²) in [5, 5.41) is 9.89. The van der Waals surface area contributed by atoms with Crippen LogP contribution in [0.25, 0.3) is 0 Å². The molecular weight excluding hydrogens is 290 g/mol. The third kappa shape index (κ3) is 15.1. The molecule has 3 N–H and O–H groups in total. The SMILES string of the molecule is CCCCCCCCOC(OCCCCCCCC)C(O)CN. The van der Waals surface area contributed by atoms with Gasteiger partial charge in [0.15, 0.2) is 6.29 Å². The van der Waals surface area contributed by atoms with Gasteiger partial charge in [-0.05, 0) is 12.8 Å². The Morgan fingerprint density at radius 1 is 0.696 bits per heavy atom. The number of hydrogen-bond acceptors (Lipinski definition) is 4. The molecule has 0 rings (SSSR count). The van der Waals surface area contributed by atoms with E-state index in [1.165, 1.54) is 64.2 Å². The van der Waals surface area contributed by atoms with Gasteiger partial charge in [-0.15, -0.1) is 0 Å². The van der Waals surface area contributed by atoms with Crippen molar-refractivity contribution in [2.75, 3.05) is 19.8 Å². The molecule has 1 unspecified atom stereocenters. The Morgan fingerprint density at radius 3 is 1.48 bits per heavy atom. The molecule has 0 heterocycles. The number of rotatable bonds is 18. The molecule has 0 radical (unpaired) electrons. The Morgan fingerprint density at radius 2 is 1.09 bits per heavy atom. The van der Waals surface area contributed by atoms with Crippen molar-refractivity contribution in [3.8, 4) is 0 Å². The fraction of sp³-hybridized carbons (Fsp3) is 1.00. The highest BCUT2D eigenvalue weighted by Gasteiger charge is 2.18. The Hall–Kier alpha value is -0.160. The van der Waals surface area contributed by atoms with E-state index in [0.717, 1.165) is 12.8 Å². The zero-order valence-electron chi connectivity index (χ0n) is 15.6. The number of unbranched alkanes of at least 4 members (excludes halogenated alkanes) is 10. The molecule has 0 saturated carbocycles. The standard InChI is InChI=1S/C19H41NO3/c1-3-5-7-9-11-13-15-22-19(18(21)17-20)23-16-14-12-10-8-6-4-2/h18-19,21H,3-17,20H2,1-2H3. The van der Waals surface area contributed by atoms with E-state index >= 15 is 0 Å². The summed E-state index contributed by atoms with van der Waals surface area (Å²) in [6, 6.07) is 0. The molecule has 0 spiro atoms. The van der Waals surface area contributed by atoms with Crippen molar-refractivity contribution in [2.24, 2.45) is 5.73 Å². The van der Waals surface area contributed by atoms with Gasteiger partial charge in [-0.1, -0.05) is 78.1 Å². The minimum Gasteiger partial charge on any atom is -0.386 e. The fourth-order valence-corrected chi connectivity index (χ4v) is 2.55. The van der Waals surface area contributed by atoms with Gasteiger partial charge in [0, 0.05) is 19.8 Å². The molecule has 0 amide bonds. The molecule has 0 aromatic carbocycles. The summed E-state index contributed by atoms with van der Waals surface area (Å²) in [6.07, 6.45) is 13.4. The minimum absolute atomic E-state index is 0.178. The van der Waals surface area contributed by atoms with Crippen LogP contribution in [0.1, 0.15) is 90.9 Å². The van der Waals surface area contributed by atoms with Crippen molar-refractivity contribution in [3.05, 3.63) is 0 Å². The first kappa shape index (κ1) is 22.8. The number of hydrogen-bond donors (Lipinski definition) is 2. The summed E-state index contributed by atoms with van der Waals surface area (Å²) in [6.45, 7) is 5.92. The molecule has 1 atom stereocenters. The second kappa shape index (κ2) is 18.2. The summed E-state index contributed by atoms with van der Waals surface area (Å²) in [7, 11) is 0. The van der Waals surface area contributed by atoms with E-state index in [4.69, 9.17) is 15.2 Å². The molecular formula is C19H41NO3. The van der Waals surface area contributed by atoms with E-state index in [0.29, 0.717) is 13.2 Å². The van der Waals surface area contributed by atoms with Crippen LogP contribution in [-0.4, -0.2) is 37.3 Å². The highest BCUT2D eigenvalue weighted by Crippen LogP contribution is 2.09.